The van der Waals surface area contributed by atoms with Gasteiger partial charge in [0.1, 0.15) is 0 Å². The summed E-state index contributed by atoms with van der Waals surface area (Å²) in [6, 6.07) is 0. The van der Waals surface area contributed by atoms with Crippen LogP contribution in [0.2, 0.25) is 0 Å². The smallest absolute Gasteiger partial charge is 0.225 e. The molecule has 1 unspecified atom stereocenters. The Bertz CT molecular complexity index is 202. The second kappa shape index (κ2) is 2.75. The van der Waals surface area contributed by atoms with Gasteiger partial charge >= 0.3 is 0 Å². The number of carbonyl (C=O) groups excluding carboxylic acids is 1. The standard InChI is InChI=1S/C10H17NO/c1-7-3-4-11(6-7)10(12)9-5-8(9)2/h7-9H,3-6H2,1-2H3/t7?,8-,9-/m0/s1. The van der Waals surface area contributed by atoms with Crippen LogP contribution in [0.25, 0.3) is 0 Å². The van der Waals surface area contributed by atoms with Crippen molar-refractivity contribution in [3.63, 3.8) is 0 Å². The van der Waals surface area contributed by atoms with E-state index in [4.69, 9.17) is 0 Å². The van der Waals surface area contributed by atoms with E-state index in [1.807, 2.05) is 0 Å². The number of carbonyl (C=O) groups is 1. The van der Waals surface area contributed by atoms with E-state index in [0.717, 1.165) is 25.4 Å². The van der Waals surface area contributed by atoms with Crippen molar-refractivity contribution in [3.8, 4) is 0 Å². The molecule has 1 aliphatic carbocycles. The fourth-order valence-corrected chi connectivity index (χ4v) is 2.04. The molecule has 0 spiro atoms. The molecule has 0 bridgehead atoms. The fraction of sp³-hybridized carbons (Fsp3) is 0.900. The highest BCUT2D eigenvalue weighted by Crippen LogP contribution is 2.39. The van der Waals surface area contributed by atoms with E-state index in [-0.39, 0.29) is 0 Å². The number of amides is 1. The van der Waals surface area contributed by atoms with Crippen molar-refractivity contribution < 1.29 is 4.79 Å². The van der Waals surface area contributed by atoms with Crippen molar-refractivity contribution in [2.24, 2.45) is 17.8 Å². The van der Waals surface area contributed by atoms with Crippen LogP contribution in [-0.4, -0.2) is 23.9 Å². The Morgan fingerprint density at radius 3 is 2.50 bits per heavy atom. The first-order valence-corrected chi connectivity index (χ1v) is 4.97. The first kappa shape index (κ1) is 8.09. The van der Waals surface area contributed by atoms with Crippen molar-refractivity contribution >= 4 is 5.91 Å². The predicted molar refractivity (Wildman–Crippen MR) is 47.6 cm³/mol. The van der Waals surface area contributed by atoms with Gasteiger partial charge in [-0.05, 0) is 24.7 Å². The summed E-state index contributed by atoms with van der Waals surface area (Å²) in [6.45, 7) is 6.40. The molecular weight excluding hydrogens is 150 g/mol. The van der Waals surface area contributed by atoms with Gasteiger partial charge in [0.15, 0.2) is 0 Å². The van der Waals surface area contributed by atoms with E-state index in [0.29, 0.717) is 17.7 Å². The Morgan fingerprint density at radius 2 is 2.08 bits per heavy atom. The molecule has 0 radical (unpaired) electrons. The van der Waals surface area contributed by atoms with Crippen LogP contribution in [0.3, 0.4) is 0 Å². The third-order valence-electron chi connectivity index (χ3n) is 3.16. The minimum absolute atomic E-state index is 0.385. The molecule has 0 N–H and O–H groups in total. The van der Waals surface area contributed by atoms with Crippen LogP contribution in [0.15, 0.2) is 0 Å². The van der Waals surface area contributed by atoms with Gasteiger partial charge in [0.25, 0.3) is 0 Å². The Morgan fingerprint density at radius 1 is 1.42 bits per heavy atom. The zero-order chi connectivity index (χ0) is 8.72. The molecule has 0 aromatic rings. The van der Waals surface area contributed by atoms with E-state index in [1.54, 1.807) is 0 Å². The average Bonchev–Trinajstić information content (AvgIpc) is 2.58. The predicted octanol–water partition coefficient (Wildman–Crippen LogP) is 1.51. The van der Waals surface area contributed by atoms with Crippen molar-refractivity contribution in [1.82, 2.24) is 4.90 Å². The summed E-state index contributed by atoms with van der Waals surface area (Å²) in [5.74, 6) is 2.19. The van der Waals surface area contributed by atoms with Gasteiger partial charge in [0, 0.05) is 19.0 Å². The summed E-state index contributed by atoms with van der Waals surface area (Å²) in [7, 11) is 0. The van der Waals surface area contributed by atoms with E-state index >= 15 is 0 Å². The maximum Gasteiger partial charge on any atom is 0.225 e. The molecule has 2 rings (SSSR count). The minimum atomic E-state index is 0.385. The Kier molecular flexibility index (Phi) is 1.85. The Labute approximate surface area is 73.9 Å². The molecule has 2 heteroatoms. The van der Waals surface area contributed by atoms with Crippen LogP contribution >= 0.6 is 0 Å². The average molecular weight is 167 g/mol. The molecule has 0 aromatic carbocycles. The lowest BCUT2D eigenvalue weighted by Gasteiger charge is -2.15. The number of likely N-dealkylation sites (tertiary alicyclic amines) is 1. The summed E-state index contributed by atoms with van der Waals surface area (Å²) in [6.07, 6.45) is 2.33. The molecular formula is C10H17NO. The normalized spacial score (nSPS) is 40.2. The zero-order valence-electron chi connectivity index (χ0n) is 7.92. The van der Waals surface area contributed by atoms with Crippen LogP contribution in [-0.2, 0) is 4.79 Å². The van der Waals surface area contributed by atoms with Crippen molar-refractivity contribution in [2.45, 2.75) is 26.7 Å². The summed E-state index contributed by atoms with van der Waals surface area (Å²) < 4.78 is 0. The summed E-state index contributed by atoms with van der Waals surface area (Å²) in [4.78, 5) is 13.7. The van der Waals surface area contributed by atoms with Gasteiger partial charge in [-0.1, -0.05) is 13.8 Å². The molecule has 1 aliphatic heterocycles. The zero-order valence-corrected chi connectivity index (χ0v) is 7.92. The van der Waals surface area contributed by atoms with E-state index < -0.39 is 0 Å². The Hall–Kier alpha value is -0.530. The molecule has 2 aliphatic rings. The SMILES string of the molecule is CC1CCN(C(=O)[C@H]2C[C@@H]2C)C1. The molecule has 0 aromatic heterocycles. The number of nitrogens with zero attached hydrogens (tertiary/aromatic N) is 1. The highest BCUT2D eigenvalue weighted by Gasteiger charge is 2.42. The molecule has 1 amide bonds. The van der Waals surface area contributed by atoms with Crippen LogP contribution in [0.5, 0.6) is 0 Å². The molecule has 3 atom stereocenters. The van der Waals surface area contributed by atoms with E-state index in [9.17, 15) is 4.79 Å². The third-order valence-corrected chi connectivity index (χ3v) is 3.16. The third kappa shape index (κ3) is 1.35. The summed E-state index contributed by atoms with van der Waals surface area (Å²) in [5, 5.41) is 0. The number of hydrogen-bond donors (Lipinski definition) is 0. The van der Waals surface area contributed by atoms with Gasteiger partial charge in [0.05, 0.1) is 0 Å². The van der Waals surface area contributed by atoms with Crippen LogP contribution < -0.4 is 0 Å². The first-order chi connectivity index (χ1) is 5.68. The Balaban J connectivity index is 1.89. The lowest BCUT2D eigenvalue weighted by Crippen LogP contribution is -2.30. The van der Waals surface area contributed by atoms with Gasteiger partial charge in [-0.2, -0.15) is 0 Å². The number of hydrogen-bond acceptors (Lipinski definition) is 1. The molecule has 1 heterocycles. The monoisotopic (exact) mass is 167 g/mol. The largest absolute Gasteiger partial charge is 0.342 e. The van der Waals surface area contributed by atoms with Crippen molar-refractivity contribution in [1.29, 1.82) is 0 Å². The highest BCUT2D eigenvalue weighted by atomic mass is 16.2. The maximum absolute atomic E-state index is 11.7. The van der Waals surface area contributed by atoms with Gasteiger partial charge in [-0.15, -0.1) is 0 Å². The topological polar surface area (TPSA) is 20.3 Å². The molecule has 1 saturated carbocycles. The van der Waals surface area contributed by atoms with Crippen LogP contribution in [0.1, 0.15) is 26.7 Å². The fourth-order valence-electron chi connectivity index (χ4n) is 2.04. The van der Waals surface area contributed by atoms with Crippen LogP contribution in [0, 0.1) is 17.8 Å². The summed E-state index contributed by atoms with van der Waals surface area (Å²) in [5.41, 5.74) is 0. The lowest BCUT2D eigenvalue weighted by molar-refractivity contribution is -0.131. The second-order valence-corrected chi connectivity index (χ2v) is 4.50. The lowest BCUT2D eigenvalue weighted by atomic mass is 10.2. The van der Waals surface area contributed by atoms with Gasteiger partial charge in [0.2, 0.25) is 5.91 Å². The quantitative estimate of drug-likeness (QED) is 0.579. The van der Waals surface area contributed by atoms with Gasteiger partial charge in [-0.25, -0.2) is 0 Å². The number of rotatable bonds is 1. The van der Waals surface area contributed by atoms with Gasteiger partial charge in [-0.3, -0.25) is 4.79 Å². The molecule has 68 valence electrons. The minimum Gasteiger partial charge on any atom is -0.342 e. The molecule has 12 heavy (non-hydrogen) atoms. The van der Waals surface area contributed by atoms with E-state index in [2.05, 4.69) is 18.7 Å². The second-order valence-electron chi connectivity index (χ2n) is 4.50. The maximum atomic E-state index is 11.7. The first-order valence-electron chi connectivity index (χ1n) is 4.97. The van der Waals surface area contributed by atoms with Crippen molar-refractivity contribution in [3.05, 3.63) is 0 Å². The van der Waals surface area contributed by atoms with Gasteiger partial charge < -0.3 is 4.90 Å². The summed E-state index contributed by atoms with van der Waals surface area (Å²) >= 11 is 0. The molecule has 2 fully saturated rings. The van der Waals surface area contributed by atoms with E-state index in [1.165, 1.54) is 6.42 Å². The van der Waals surface area contributed by atoms with Crippen LogP contribution in [0.4, 0.5) is 0 Å². The highest BCUT2D eigenvalue weighted by molar-refractivity contribution is 5.81. The van der Waals surface area contributed by atoms with Crippen molar-refractivity contribution in [2.75, 3.05) is 13.1 Å². The molecule has 2 nitrogen and oxygen atoms in total. The molecule has 1 saturated heterocycles.